The van der Waals surface area contributed by atoms with Crippen molar-refractivity contribution in [3.05, 3.63) is 34.2 Å². The van der Waals surface area contributed by atoms with E-state index in [9.17, 15) is 4.79 Å². The molecule has 1 aliphatic rings. The summed E-state index contributed by atoms with van der Waals surface area (Å²) >= 11 is 0. The van der Waals surface area contributed by atoms with Crippen LogP contribution in [0.25, 0.3) is 11.0 Å². The molecule has 0 atom stereocenters. The van der Waals surface area contributed by atoms with Crippen molar-refractivity contribution < 1.29 is 0 Å². The summed E-state index contributed by atoms with van der Waals surface area (Å²) in [5.74, 6) is 0. The van der Waals surface area contributed by atoms with Crippen molar-refractivity contribution in [3.8, 4) is 0 Å². The van der Waals surface area contributed by atoms with E-state index in [0.717, 1.165) is 30.0 Å². The van der Waals surface area contributed by atoms with Gasteiger partial charge in [0.2, 0.25) is 0 Å². The SMILES string of the molecule is Cn1c(=O)n(C)c2cc(CCNC3CC3)ccc21. The molecule has 1 aromatic heterocycles. The summed E-state index contributed by atoms with van der Waals surface area (Å²) in [7, 11) is 3.65. The largest absolute Gasteiger partial charge is 0.328 e. The highest BCUT2D eigenvalue weighted by Gasteiger charge is 2.19. The average Bonchev–Trinajstić information content (AvgIpc) is 3.17. The Morgan fingerprint density at radius 2 is 1.94 bits per heavy atom. The molecule has 4 nitrogen and oxygen atoms in total. The summed E-state index contributed by atoms with van der Waals surface area (Å²) in [4.78, 5) is 11.8. The minimum atomic E-state index is 0.0401. The Bertz CT molecular complexity index is 634. The van der Waals surface area contributed by atoms with E-state index in [2.05, 4.69) is 17.4 Å². The second-order valence-electron chi connectivity index (χ2n) is 5.20. The van der Waals surface area contributed by atoms with Gasteiger partial charge in [0.1, 0.15) is 0 Å². The summed E-state index contributed by atoms with van der Waals surface area (Å²) in [6, 6.07) is 7.06. The number of aromatic nitrogens is 2. The van der Waals surface area contributed by atoms with Crippen LogP contribution in [0.1, 0.15) is 18.4 Å². The first kappa shape index (κ1) is 11.5. The van der Waals surface area contributed by atoms with E-state index in [1.807, 2.05) is 20.2 Å². The molecule has 1 aromatic carbocycles. The lowest BCUT2D eigenvalue weighted by Gasteiger charge is -2.04. The van der Waals surface area contributed by atoms with Gasteiger partial charge in [-0.15, -0.1) is 0 Å². The van der Waals surface area contributed by atoms with Crippen LogP contribution in [0.2, 0.25) is 0 Å². The van der Waals surface area contributed by atoms with Gasteiger partial charge >= 0.3 is 5.69 Å². The maximum Gasteiger partial charge on any atom is 0.328 e. The van der Waals surface area contributed by atoms with Crippen molar-refractivity contribution >= 4 is 11.0 Å². The van der Waals surface area contributed by atoms with Gasteiger partial charge in [-0.05, 0) is 43.5 Å². The smallest absolute Gasteiger partial charge is 0.314 e. The lowest BCUT2D eigenvalue weighted by atomic mass is 10.1. The molecule has 3 rings (SSSR count). The minimum absolute atomic E-state index is 0.0401. The first-order valence-electron chi connectivity index (χ1n) is 6.54. The summed E-state index contributed by atoms with van der Waals surface area (Å²) < 4.78 is 3.41. The molecular formula is C14H19N3O. The van der Waals surface area contributed by atoms with Crippen molar-refractivity contribution in [1.82, 2.24) is 14.5 Å². The Balaban J connectivity index is 1.85. The molecule has 1 heterocycles. The maximum atomic E-state index is 11.8. The number of nitrogens with zero attached hydrogens (tertiary/aromatic N) is 2. The van der Waals surface area contributed by atoms with E-state index in [1.54, 1.807) is 9.13 Å². The second kappa shape index (κ2) is 4.28. The van der Waals surface area contributed by atoms with Gasteiger partial charge in [-0.2, -0.15) is 0 Å². The maximum absolute atomic E-state index is 11.8. The fraction of sp³-hybridized carbons (Fsp3) is 0.500. The average molecular weight is 245 g/mol. The van der Waals surface area contributed by atoms with E-state index in [1.165, 1.54) is 18.4 Å². The van der Waals surface area contributed by atoms with Gasteiger partial charge in [-0.25, -0.2) is 4.79 Å². The van der Waals surface area contributed by atoms with Crippen LogP contribution < -0.4 is 11.0 Å². The summed E-state index contributed by atoms with van der Waals surface area (Å²) in [5.41, 5.74) is 3.35. The third kappa shape index (κ3) is 1.97. The Hall–Kier alpha value is -1.55. The molecule has 2 aromatic rings. The zero-order valence-corrected chi connectivity index (χ0v) is 10.9. The van der Waals surface area contributed by atoms with Crippen LogP contribution in [0.3, 0.4) is 0 Å². The topological polar surface area (TPSA) is 39.0 Å². The highest BCUT2D eigenvalue weighted by molar-refractivity contribution is 5.76. The van der Waals surface area contributed by atoms with Gasteiger partial charge in [0.05, 0.1) is 11.0 Å². The van der Waals surface area contributed by atoms with Crippen molar-refractivity contribution in [3.63, 3.8) is 0 Å². The molecule has 0 radical (unpaired) electrons. The van der Waals surface area contributed by atoms with Gasteiger partial charge in [0.25, 0.3) is 0 Å². The predicted octanol–water partition coefficient (Wildman–Crippen LogP) is 1.17. The number of hydrogen-bond donors (Lipinski definition) is 1. The Kier molecular flexibility index (Phi) is 2.74. The number of aryl methyl sites for hydroxylation is 2. The number of benzene rings is 1. The van der Waals surface area contributed by atoms with Crippen LogP contribution in [-0.4, -0.2) is 21.7 Å². The fourth-order valence-electron chi connectivity index (χ4n) is 2.42. The predicted molar refractivity (Wildman–Crippen MR) is 72.9 cm³/mol. The minimum Gasteiger partial charge on any atom is -0.314 e. The van der Waals surface area contributed by atoms with Crippen LogP contribution in [0.15, 0.2) is 23.0 Å². The number of rotatable bonds is 4. The Labute approximate surface area is 106 Å². The third-order valence-corrected chi connectivity index (χ3v) is 3.76. The molecule has 0 aliphatic heterocycles. The molecule has 0 bridgehead atoms. The van der Waals surface area contributed by atoms with Gasteiger partial charge in [-0.1, -0.05) is 6.07 Å². The molecule has 0 amide bonds. The highest BCUT2D eigenvalue weighted by Crippen LogP contribution is 2.19. The van der Waals surface area contributed by atoms with Gasteiger partial charge in [0, 0.05) is 20.1 Å². The normalized spacial score (nSPS) is 15.4. The van der Waals surface area contributed by atoms with Crippen LogP contribution in [0.4, 0.5) is 0 Å². The van der Waals surface area contributed by atoms with E-state index in [0.29, 0.717) is 0 Å². The highest BCUT2D eigenvalue weighted by atomic mass is 16.1. The summed E-state index contributed by atoms with van der Waals surface area (Å²) in [6.07, 6.45) is 3.67. The number of imidazole rings is 1. The van der Waals surface area contributed by atoms with Crippen LogP contribution in [-0.2, 0) is 20.5 Å². The summed E-state index contributed by atoms with van der Waals surface area (Å²) in [5, 5.41) is 3.51. The molecule has 4 heteroatoms. The third-order valence-electron chi connectivity index (χ3n) is 3.76. The summed E-state index contributed by atoms with van der Waals surface area (Å²) in [6.45, 7) is 1.02. The van der Waals surface area contributed by atoms with Crippen LogP contribution >= 0.6 is 0 Å². The van der Waals surface area contributed by atoms with Crippen LogP contribution in [0.5, 0.6) is 0 Å². The standard InChI is InChI=1S/C14H19N3O/c1-16-12-6-3-10(7-8-15-11-4-5-11)9-13(12)17(2)14(16)18/h3,6,9,11,15H,4-5,7-8H2,1-2H3. The van der Waals surface area contributed by atoms with Gasteiger partial charge < -0.3 is 5.32 Å². The molecule has 1 aliphatic carbocycles. The zero-order chi connectivity index (χ0) is 12.7. The molecule has 1 fully saturated rings. The van der Waals surface area contributed by atoms with Crippen LogP contribution in [0, 0.1) is 0 Å². The molecule has 18 heavy (non-hydrogen) atoms. The Morgan fingerprint density at radius 1 is 1.22 bits per heavy atom. The zero-order valence-electron chi connectivity index (χ0n) is 10.9. The lowest BCUT2D eigenvalue weighted by Crippen LogP contribution is -2.19. The number of hydrogen-bond acceptors (Lipinski definition) is 2. The van der Waals surface area contributed by atoms with Crippen molar-refractivity contribution in [2.45, 2.75) is 25.3 Å². The molecule has 0 saturated heterocycles. The molecule has 0 spiro atoms. The van der Waals surface area contributed by atoms with E-state index in [4.69, 9.17) is 0 Å². The number of nitrogens with one attached hydrogen (secondary N) is 1. The van der Waals surface area contributed by atoms with Crippen molar-refractivity contribution in [2.75, 3.05) is 6.54 Å². The monoisotopic (exact) mass is 245 g/mol. The molecule has 0 unspecified atom stereocenters. The van der Waals surface area contributed by atoms with E-state index >= 15 is 0 Å². The second-order valence-corrected chi connectivity index (χ2v) is 5.20. The van der Waals surface area contributed by atoms with E-state index in [-0.39, 0.29) is 5.69 Å². The van der Waals surface area contributed by atoms with Gasteiger partial charge in [0.15, 0.2) is 0 Å². The molecule has 1 saturated carbocycles. The van der Waals surface area contributed by atoms with E-state index < -0.39 is 0 Å². The number of fused-ring (bicyclic) bond motifs is 1. The van der Waals surface area contributed by atoms with Gasteiger partial charge in [-0.3, -0.25) is 9.13 Å². The lowest BCUT2D eigenvalue weighted by molar-refractivity contribution is 0.682. The molecule has 1 N–H and O–H groups in total. The molecular weight excluding hydrogens is 226 g/mol. The first-order chi connectivity index (χ1) is 8.66. The van der Waals surface area contributed by atoms with Crippen molar-refractivity contribution in [2.24, 2.45) is 14.1 Å². The molecule has 96 valence electrons. The quantitative estimate of drug-likeness (QED) is 0.878. The fourth-order valence-corrected chi connectivity index (χ4v) is 2.42. The Morgan fingerprint density at radius 3 is 2.67 bits per heavy atom. The van der Waals surface area contributed by atoms with Crippen molar-refractivity contribution in [1.29, 1.82) is 0 Å². The first-order valence-corrected chi connectivity index (χ1v) is 6.54.